The van der Waals surface area contributed by atoms with Crippen LogP contribution in [0.3, 0.4) is 0 Å². The number of anilines is 2. The van der Waals surface area contributed by atoms with E-state index in [1.54, 1.807) is 36.1 Å². The lowest BCUT2D eigenvalue weighted by atomic mass is 9.92. The van der Waals surface area contributed by atoms with Crippen molar-refractivity contribution in [2.24, 2.45) is 7.05 Å². The number of hydrogen-bond donors (Lipinski definition) is 2. The smallest absolute Gasteiger partial charge is 0.324 e. The lowest BCUT2D eigenvalue weighted by Crippen LogP contribution is -2.21. The maximum Gasteiger partial charge on any atom is 0.324 e. The Hall–Kier alpha value is -4.21. The van der Waals surface area contributed by atoms with Gasteiger partial charge in [-0.25, -0.2) is 14.2 Å². The number of hydrogen-bond acceptors (Lipinski definition) is 6. The molecule has 0 saturated carbocycles. The first kappa shape index (κ1) is 22.0. The molecule has 2 N–H and O–H groups in total. The van der Waals surface area contributed by atoms with E-state index in [4.69, 9.17) is 9.15 Å². The summed E-state index contributed by atoms with van der Waals surface area (Å²) in [7, 11) is 1.72. The van der Waals surface area contributed by atoms with Crippen LogP contribution < -0.4 is 15.4 Å². The van der Waals surface area contributed by atoms with E-state index in [9.17, 15) is 9.18 Å². The third-order valence-electron chi connectivity index (χ3n) is 4.73. The van der Waals surface area contributed by atoms with E-state index >= 15 is 0 Å². The van der Waals surface area contributed by atoms with Gasteiger partial charge in [0.15, 0.2) is 12.2 Å². The van der Waals surface area contributed by atoms with Gasteiger partial charge in [0, 0.05) is 36.9 Å². The monoisotopic (exact) mass is 450 g/mol. The average molecular weight is 450 g/mol. The van der Waals surface area contributed by atoms with Crippen LogP contribution in [0.25, 0.3) is 11.5 Å². The highest BCUT2D eigenvalue weighted by Crippen LogP contribution is 2.29. The van der Waals surface area contributed by atoms with Crippen LogP contribution in [0.4, 0.5) is 20.7 Å². The second kappa shape index (κ2) is 8.73. The lowest BCUT2D eigenvalue weighted by molar-refractivity contribution is 0.262. The number of nitrogens with zero attached hydrogens (tertiary/aromatic N) is 4. The Bertz CT molecular complexity index is 1280. The minimum absolute atomic E-state index is 0.0345. The summed E-state index contributed by atoms with van der Waals surface area (Å²) in [6, 6.07) is 8.57. The fraction of sp³-hybridized carbons (Fsp3) is 0.217. The minimum atomic E-state index is -0.606. The topological polar surface area (TPSA) is 107 Å². The number of pyridine rings is 1. The number of aromatic nitrogens is 4. The number of nitrogens with one attached hydrogen (secondary N) is 2. The molecule has 4 aromatic rings. The average Bonchev–Trinajstić information content (AvgIpc) is 3.41. The fourth-order valence-corrected chi connectivity index (χ4v) is 2.97. The van der Waals surface area contributed by atoms with E-state index in [0.29, 0.717) is 28.8 Å². The molecule has 0 bridgehead atoms. The number of rotatable bonds is 5. The van der Waals surface area contributed by atoms with E-state index in [0.717, 1.165) is 5.69 Å². The molecule has 0 aliphatic rings. The van der Waals surface area contributed by atoms with Gasteiger partial charge in [0.05, 0.1) is 17.6 Å². The highest BCUT2D eigenvalue weighted by atomic mass is 19.1. The van der Waals surface area contributed by atoms with Gasteiger partial charge >= 0.3 is 6.03 Å². The second-order valence-electron chi connectivity index (χ2n) is 8.35. The van der Waals surface area contributed by atoms with Gasteiger partial charge in [-0.2, -0.15) is 5.10 Å². The largest absolute Gasteiger partial charge is 0.457 e. The first-order valence-corrected chi connectivity index (χ1v) is 10.1. The summed E-state index contributed by atoms with van der Waals surface area (Å²) < 4.78 is 27.0. The zero-order chi connectivity index (χ0) is 23.6. The molecule has 3 heterocycles. The lowest BCUT2D eigenvalue weighted by Gasteiger charge is -2.13. The number of aryl methyl sites for hydroxylation is 1. The highest BCUT2D eigenvalue weighted by Gasteiger charge is 2.20. The Balaban J connectivity index is 1.47. The number of urea groups is 1. The van der Waals surface area contributed by atoms with Crippen molar-refractivity contribution in [2.75, 3.05) is 10.6 Å². The minimum Gasteiger partial charge on any atom is -0.457 e. The van der Waals surface area contributed by atoms with Gasteiger partial charge in [-0.15, -0.1) is 0 Å². The molecule has 0 unspecified atom stereocenters. The maximum atomic E-state index is 14.4. The first-order chi connectivity index (χ1) is 15.7. The Morgan fingerprint density at radius 2 is 1.91 bits per heavy atom. The zero-order valence-corrected chi connectivity index (χ0v) is 18.6. The van der Waals surface area contributed by atoms with Crippen LogP contribution in [-0.4, -0.2) is 25.8 Å². The van der Waals surface area contributed by atoms with E-state index in [-0.39, 0.29) is 11.1 Å². The maximum absolute atomic E-state index is 14.4. The van der Waals surface area contributed by atoms with E-state index < -0.39 is 11.8 Å². The van der Waals surface area contributed by atoms with Crippen molar-refractivity contribution in [3.8, 4) is 23.0 Å². The predicted molar refractivity (Wildman–Crippen MR) is 121 cm³/mol. The van der Waals surface area contributed by atoms with Crippen molar-refractivity contribution in [3.63, 3.8) is 0 Å². The van der Waals surface area contributed by atoms with Gasteiger partial charge in [0.1, 0.15) is 28.8 Å². The molecule has 0 atom stereocenters. The van der Waals surface area contributed by atoms with Crippen molar-refractivity contribution >= 4 is 17.5 Å². The number of ether oxygens (including phenoxy) is 1. The molecule has 2 amide bonds. The molecule has 4 rings (SSSR count). The second-order valence-corrected chi connectivity index (χ2v) is 8.35. The van der Waals surface area contributed by atoms with Crippen molar-refractivity contribution in [1.82, 2.24) is 19.7 Å². The van der Waals surface area contributed by atoms with Gasteiger partial charge in [-0.1, -0.05) is 20.8 Å². The summed E-state index contributed by atoms with van der Waals surface area (Å²) in [5.74, 6) is 1.17. The SMILES string of the molecule is Cn1nc(C(C)(C)C)cc1NC(=O)Nc1cc(Oc2ccnc(-c3cnco3)c2)ccc1F. The standard InChI is InChI=1S/C23H23FN6O3/c1-23(2,3)20-11-21(30(4)29-20)28-22(31)27-17-9-14(5-6-16(17)24)33-15-7-8-26-18(10-15)19-12-25-13-32-19/h5-13H,1-4H3,(H2,27,28,31). The number of carbonyl (C=O) groups is 1. The molecule has 33 heavy (non-hydrogen) atoms. The predicted octanol–water partition coefficient (Wildman–Crippen LogP) is 5.34. The van der Waals surface area contributed by atoms with Crippen LogP contribution >= 0.6 is 0 Å². The van der Waals surface area contributed by atoms with E-state index in [2.05, 4.69) is 25.7 Å². The first-order valence-electron chi connectivity index (χ1n) is 10.1. The Kier molecular flexibility index (Phi) is 5.82. The molecule has 3 aromatic heterocycles. The third kappa shape index (κ3) is 5.17. The number of benzene rings is 1. The van der Waals surface area contributed by atoms with Crippen LogP contribution in [0.2, 0.25) is 0 Å². The molecule has 9 nitrogen and oxygen atoms in total. The van der Waals surface area contributed by atoms with E-state index in [1.807, 2.05) is 20.8 Å². The van der Waals surface area contributed by atoms with Gasteiger partial charge in [0.2, 0.25) is 0 Å². The summed E-state index contributed by atoms with van der Waals surface area (Å²) in [4.78, 5) is 20.6. The summed E-state index contributed by atoms with van der Waals surface area (Å²) in [6.45, 7) is 6.08. The summed E-state index contributed by atoms with van der Waals surface area (Å²) >= 11 is 0. The zero-order valence-electron chi connectivity index (χ0n) is 18.6. The number of amides is 2. The summed E-state index contributed by atoms with van der Waals surface area (Å²) in [5, 5.41) is 9.61. The third-order valence-corrected chi connectivity index (χ3v) is 4.73. The number of carbonyl (C=O) groups excluding carboxylic acids is 1. The summed E-state index contributed by atoms with van der Waals surface area (Å²) in [6.07, 6.45) is 4.41. The fourth-order valence-electron chi connectivity index (χ4n) is 2.97. The molecular formula is C23H23FN6O3. The molecule has 0 fully saturated rings. The van der Waals surface area contributed by atoms with Gasteiger partial charge < -0.3 is 14.5 Å². The molecule has 0 spiro atoms. The number of oxazole rings is 1. The normalized spacial score (nSPS) is 11.3. The van der Waals surface area contributed by atoms with Crippen molar-refractivity contribution in [1.29, 1.82) is 0 Å². The summed E-state index contributed by atoms with van der Waals surface area (Å²) in [5.41, 5.74) is 1.15. The van der Waals surface area contributed by atoms with Crippen molar-refractivity contribution < 1.29 is 18.3 Å². The van der Waals surface area contributed by atoms with Gasteiger partial charge in [-0.3, -0.25) is 15.0 Å². The molecule has 0 saturated heterocycles. The highest BCUT2D eigenvalue weighted by molar-refractivity contribution is 5.99. The molecule has 0 aliphatic carbocycles. The van der Waals surface area contributed by atoms with Crippen LogP contribution in [0.5, 0.6) is 11.5 Å². The number of halogens is 1. The van der Waals surface area contributed by atoms with Gasteiger partial charge in [0.25, 0.3) is 0 Å². The Labute approximate surface area is 189 Å². The van der Waals surface area contributed by atoms with Crippen LogP contribution in [0, 0.1) is 5.82 Å². The Morgan fingerprint density at radius 3 is 2.61 bits per heavy atom. The van der Waals surface area contributed by atoms with Crippen molar-refractivity contribution in [3.05, 3.63) is 66.7 Å². The quantitative estimate of drug-likeness (QED) is 0.425. The van der Waals surface area contributed by atoms with Crippen LogP contribution in [0.15, 0.2) is 59.6 Å². The molecule has 1 aromatic carbocycles. The van der Waals surface area contributed by atoms with Crippen molar-refractivity contribution in [2.45, 2.75) is 26.2 Å². The van der Waals surface area contributed by atoms with Crippen LogP contribution in [0.1, 0.15) is 26.5 Å². The molecule has 0 radical (unpaired) electrons. The van der Waals surface area contributed by atoms with E-state index in [1.165, 1.54) is 30.8 Å². The molecule has 170 valence electrons. The van der Waals surface area contributed by atoms with Crippen LogP contribution in [-0.2, 0) is 12.5 Å². The molecular weight excluding hydrogens is 427 g/mol. The Morgan fingerprint density at radius 1 is 1.12 bits per heavy atom. The molecule has 10 heteroatoms. The van der Waals surface area contributed by atoms with Gasteiger partial charge in [-0.05, 0) is 18.2 Å². The molecule has 0 aliphatic heterocycles.